The van der Waals surface area contributed by atoms with Crippen molar-refractivity contribution in [2.24, 2.45) is 5.73 Å². The number of nitrogens with two attached hydrogens (primary N) is 1. The van der Waals surface area contributed by atoms with E-state index in [4.69, 9.17) is 17.3 Å². The van der Waals surface area contributed by atoms with Crippen LogP contribution in [0.3, 0.4) is 0 Å². The van der Waals surface area contributed by atoms with Crippen LogP contribution in [0.4, 0.5) is 4.39 Å². The van der Waals surface area contributed by atoms with Crippen LogP contribution < -0.4 is 5.73 Å². The largest absolute Gasteiger partial charge is 0.328 e. The third-order valence-corrected chi connectivity index (χ3v) is 4.16. The Balaban J connectivity index is 1.98. The van der Waals surface area contributed by atoms with Gasteiger partial charge in [-0.15, -0.1) is 0 Å². The number of benzene rings is 1. The summed E-state index contributed by atoms with van der Waals surface area (Å²) in [5.41, 5.74) is 6.76. The summed E-state index contributed by atoms with van der Waals surface area (Å²) in [6.07, 6.45) is 4.38. The SMILES string of the molecule is CN(Cc1cc(F)ccc1Cl)C1CCC(N)CC1. The number of rotatable bonds is 3. The summed E-state index contributed by atoms with van der Waals surface area (Å²) in [7, 11) is 2.07. The van der Waals surface area contributed by atoms with E-state index in [9.17, 15) is 4.39 Å². The fraction of sp³-hybridized carbons (Fsp3) is 0.571. The summed E-state index contributed by atoms with van der Waals surface area (Å²) >= 11 is 6.09. The summed E-state index contributed by atoms with van der Waals surface area (Å²) in [5.74, 6) is -0.228. The van der Waals surface area contributed by atoms with Crippen molar-refractivity contribution >= 4 is 11.6 Å². The molecule has 18 heavy (non-hydrogen) atoms. The average molecular weight is 271 g/mol. The van der Waals surface area contributed by atoms with Crippen molar-refractivity contribution in [1.29, 1.82) is 0 Å². The molecule has 0 atom stereocenters. The van der Waals surface area contributed by atoms with Gasteiger partial charge >= 0.3 is 0 Å². The molecule has 0 aliphatic heterocycles. The quantitative estimate of drug-likeness (QED) is 0.914. The van der Waals surface area contributed by atoms with Gasteiger partial charge < -0.3 is 5.73 Å². The van der Waals surface area contributed by atoms with Gasteiger partial charge in [0.05, 0.1) is 0 Å². The summed E-state index contributed by atoms with van der Waals surface area (Å²) < 4.78 is 13.2. The molecule has 0 saturated heterocycles. The topological polar surface area (TPSA) is 29.3 Å². The average Bonchev–Trinajstić information content (AvgIpc) is 2.34. The molecule has 4 heteroatoms. The van der Waals surface area contributed by atoms with Crippen LogP contribution in [0.1, 0.15) is 31.2 Å². The molecule has 1 aliphatic carbocycles. The predicted octanol–water partition coefficient (Wildman–Crippen LogP) is 3.18. The first-order chi connectivity index (χ1) is 8.56. The highest BCUT2D eigenvalue weighted by Gasteiger charge is 2.22. The van der Waals surface area contributed by atoms with Gasteiger partial charge in [-0.05, 0) is 56.5 Å². The number of nitrogens with zero attached hydrogens (tertiary/aromatic N) is 1. The molecule has 0 aromatic heterocycles. The van der Waals surface area contributed by atoms with Crippen molar-refractivity contribution in [2.75, 3.05) is 7.05 Å². The van der Waals surface area contributed by atoms with E-state index < -0.39 is 0 Å². The second-order valence-electron chi connectivity index (χ2n) is 5.22. The van der Waals surface area contributed by atoms with E-state index in [0.717, 1.165) is 31.2 Å². The monoisotopic (exact) mass is 270 g/mol. The lowest BCUT2D eigenvalue weighted by Crippen LogP contribution is -2.38. The molecule has 1 aromatic carbocycles. The zero-order valence-electron chi connectivity index (χ0n) is 10.7. The molecule has 1 saturated carbocycles. The summed E-state index contributed by atoms with van der Waals surface area (Å²) in [5, 5.41) is 0.635. The third-order valence-electron chi connectivity index (χ3n) is 3.79. The van der Waals surface area contributed by atoms with Gasteiger partial charge in [-0.25, -0.2) is 4.39 Å². The maximum Gasteiger partial charge on any atom is 0.123 e. The second kappa shape index (κ2) is 6.00. The van der Waals surface area contributed by atoms with Crippen molar-refractivity contribution < 1.29 is 4.39 Å². The van der Waals surface area contributed by atoms with Crippen LogP contribution in [0.2, 0.25) is 5.02 Å². The lowest BCUT2D eigenvalue weighted by Gasteiger charge is -2.33. The van der Waals surface area contributed by atoms with E-state index in [1.807, 2.05) is 0 Å². The third kappa shape index (κ3) is 3.44. The Hall–Kier alpha value is -0.640. The minimum absolute atomic E-state index is 0.228. The molecular formula is C14H20ClFN2. The van der Waals surface area contributed by atoms with Gasteiger partial charge in [-0.2, -0.15) is 0 Å². The zero-order chi connectivity index (χ0) is 13.1. The lowest BCUT2D eigenvalue weighted by molar-refractivity contribution is 0.176. The van der Waals surface area contributed by atoms with Crippen LogP contribution in [0, 0.1) is 5.82 Å². The van der Waals surface area contributed by atoms with E-state index in [2.05, 4.69) is 11.9 Å². The van der Waals surface area contributed by atoms with E-state index in [1.54, 1.807) is 6.07 Å². The molecule has 2 rings (SSSR count). The van der Waals surface area contributed by atoms with E-state index in [1.165, 1.54) is 12.1 Å². The zero-order valence-corrected chi connectivity index (χ0v) is 11.5. The fourth-order valence-electron chi connectivity index (χ4n) is 2.60. The van der Waals surface area contributed by atoms with Crippen molar-refractivity contribution in [3.63, 3.8) is 0 Å². The Labute approximate surface area is 113 Å². The molecule has 0 heterocycles. The minimum Gasteiger partial charge on any atom is -0.328 e. The van der Waals surface area contributed by atoms with E-state index in [-0.39, 0.29) is 5.82 Å². The van der Waals surface area contributed by atoms with Gasteiger partial charge in [0, 0.05) is 23.7 Å². The van der Waals surface area contributed by atoms with Gasteiger partial charge in [0.1, 0.15) is 5.82 Å². The van der Waals surface area contributed by atoms with Crippen molar-refractivity contribution in [3.8, 4) is 0 Å². The maximum atomic E-state index is 13.2. The molecule has 0 unspecified atom stereocenters. The fourth-order valence-corrected chi connectivity index (χ4v) is 2.78. The lowest BCUT2D eigenvalue weighted by atomic mass is 9.91. The molecule has 0 amide bonds. The predicted molar refractivity (Wildman–Crippen MR) is 73.1 cm³/mol. The highest BCUT2D eigenvalue weighted by atomic mass is 35.5. The highest BCUT2D eigenvalue weighted by Crippen LogP contribution is 2.24. The summed E-state index contributed by atoms with van der Waals surface area (Å²) in [4.78, 5) is 2.26. The highest BCUT2D eigenvalue weighted by molar-refractivity contribution is 6.31. The molecule has 0 spiro atoms. The van der Waals surface area contributed by atoms with E-state index in [0.29, 0.717) is 23.7 Å². The van der Waals surface area contributed by atoms with Crippen LogP contribution in [0.25, 0.3) is 0 Å². The minimum atomic E-state index is -0.228. The standard InChI is InChI=1S/C14H20ClFN2/c1-18(13-5-3-12(17)4-6-13)9-10-8-11(16)2-7-14(10)15/h2,7-8,12-13H,3-6,9,17H2,1H3. The van der Waals surface area contributed by atoms with Crippen molar-refractivity contribution in [3.05, 3.63) is 34.6 Å². The van der Waals surface area contributed by atoms with Crippen molar-refractivity contribution in [2.45, 2.75) is 44.3 Å². The molecule has 0 bridgehead atoms. The molecule has 2 N–H and O–H groups in total. The smallest absolute Gasteiger partial charge is 0.123 e. The Morgan fingerprint density at radius 2 is 2.00 bits per heavy atom. The molecule has 1 aliphatic rings. The first-order valence-electron chi connectivity index (χ1n) is 6.46. The summed E-state index contributed by atoms with van der Waals surface area (Å²) in [6.45, 7) is 0.691. The Bertz CT molecular complexity index is 403. The molecule has 0 radical (unpaired) electrons. The van der Waals surface area contributed by atoms with Gasteiger partial charge in [-0.1, -0.05) is 11.6 Å². The normalized spacial score (nSPS) is 24.5. The first-order valence-corrected chi connectivity index (χ1v) is 6.84. The molecular weight excluding hydrogens is 251 g/mol. The van der Waals surface area contributed by atoms with Crippen LogP contribution in [-0.2, 0) is 6.54 Å². The number of halogens is 2. The Morgan fingerprint density at radius 3 is 2.67 bits per heavy atom. The first kappa shape index (κ1) is 13.8. The van der Waals surface area contributed by atoms with Crippen LogP contribution in [0.5, 0.6) is 0 Å². The van der Waals surface area contributed by atoms with Crippen LogP contribution in [-0.4, -0.2) is 24.0 Å². The summed E-state index contributed by atoms with van der Waals surface area (Å²) in [6, 6.07) is 5.42. The molecule has 2 nitrogen and oxygen atoms in total. The molecule has 100 valence electrons. The van der Waals surface area contributed by atoms with Crippen molar-refractivity contribution in [1.82, 2.24) is 4.90 Å². The van der Waals surface area contributed by atoms with Gasteiger partial charge in [0.15, 0.2) is 0 Å². The second-order valence-corrected chi connectivity index (χ2v) is 5.63. The van der Waals surface area contributed by atoms with Gasteiger partial charge in [-0.3, -0.25) is 4.90 Å². The molecule has 1 aromatic rings. The van der Waals surface area contributed by atoms with Gasteiger partial charge in [0.2, 0.25) is 0 Å². The maximum absolute atomic E-state index is 13.2. The Kier molecular flexibility index (Phi) is 4.60. The molecule has 1 fully saturated rings. The number of hydrogen-bond acceptors (Lipinski definition) is 2. The van der Waals surface area contributed by atoms with Crippen LogP contribution >= 0.6 is 11.6 Å². The Morgan fingerprint density at radius 1 is 1.33 bits per heavy atom. The number of hydrogen-bond donors (Lipinski definition) is 1. The van der Waals surface area contributed by atoms with E-state index >= 15 is 0 Å². The van der Waals surface area contributed by atoms with Crippen LogP contribution in [0.15, 0.2) is 18.2 Å². The van der Waals surface area contributed by atoms with Gasteiger partial charge in [0.25, 0.3) is 0 Å².